The van der Waals surface area contributed by atoms with Gasteiger partial charge in [0, 0.05) is 12.1 Å². The fraction of sp³-hybridized carbons (Fsp3) is 0.154. The predicted octanol–water partition coefficient (Wildman–Crippen LogP) is 4.71. The Bertz CT molecular complexity index is 575. The summed E-state index contributed by atoms with van der Waals surface area (Å²) in [4.78, 5) is 4.15. The van der Waals surface area contributed by atoms with Crippen LogP contribution in [0.4, 0.5) is 4.39 Å². The van der Waals surface area contributed by atoms with Crippen LogP contribution in [0.25, 0.3) is 0 Å². The summed E-state index contributed by atoms with van der Waals surface area (Å²) in [5, 5.41) is 0.480. The van der Waals surface area contributed by atoms with Crippen molar-refractivity contribution in [2.75, 3.05) is 0 Å². The van der Waals surface area contributed by atoms with E-state index in [-0.39, 0.29) is 11.7 Å². The van der Waals surface area contributed by atoms with Crippen molar-refractivity contribution in [3.63, 3.8) is 0 Å². The Balaban J connectivity index is 2.31. The van der Waals surface area contributed by atoms with Crippen molar-refractivity contribution in [3.05, 3.63) is 52.4 Å². The van der Waals surface area contributed by atoms with Crippen molar-refractivity contribution in [2.45, 2.75) is 12.8 Å². The van der Waals surface area contributed by atoms with Crippen molar-refractivity contribution < 1.29 is 9.13 Å². The summed E-state index contributed by atoms with van der Waals surface area (Å²) in [6.07, 6.45) is 0. The molecule has 0 unspecified atom stereocenters. The van der Waals surface area contributed by atoms with Crippen molar-refractivity contribution in [3.8, 4) is 11.6 Å². The number of halogens is 3. The molecule has 0 fully saturated rings. The number of pyridine rings is 1. The number of benzene rings is 1. The molecule has 0 radical (unpaired) electrons. The minimum Gasteiger partial charge on any atom is -0.439 e. The molecule has 0 aliphatic rings. The Morgan fingerprint density at radius 3 is 2.78 bits per heavy atom. The van der Waals surface area contributed by atoms with Gasteiger partial charge in [0.2, 0.25) is 5.88 Å². The average molecular weight is 286 g/mol. The first kappa shape index (κ1) is 13.1. The van der Waals surface area contributed by atoms with Crippen molar-refractivity contribution in [2.24, 2.45) is 0 Å². The fourth-order valence-electron chi connectivity index (χ4n) is 1.41. The van der Waals surface area contributed by atoms with Crippen LogP contribution in [0.1, 0.15) is 11.3 Å². The summed E-state index contributed by atoms with van der Waals surface area (Å²) in [7, 11) is 0. The fourth-order valence-corrected chi connectivity index (χ4v) is 1.86. The molecule has 1 aromatic carbocycles. The molecule has 1 aromatic heterocycles. The summed E-state index contributed by atoms with van der Waals surface area (Å²) < 4.78 is 18.6. The van der Waals surface area contributed by atoms with Gasteiger partial charge in [-0.3, -0.25) is 0 Å². The van der Waals surface area contributed by atoms with Gasteiger partial charge in [-0.05, 0) is 24.6 Å². The van der Waals surface area contributed by atoms with Gasteiger partial charge in [0.25, 0.3) is 0 Å². The highest BCUT2D eigenvalue weighted by Gasteiger charge is 2.07. The van der Waals surface area contributed by atoms with E-state index in [0.717, 1.165) is 5.56 Å². The Morgan fingerprint density at radius 2 is 2.06 bits per heavy atom. The molecule has 2 aromatic rings. The third-order valence-electron chi connectivity index (χ3n) is 2.38. The van der Waals surface area contributed by atoms with E-state index in [4.69, 9.17) is 27.9 Å². The summed E-state index contributed by atoms with van der Waals surface area (Å²) in [5.41, 5.74) is 1.35. The van der Waals surface area contributed by atoms with E-state index in [2.05, 4.69) is 4.98 Å². The minimum absolute atomic E-state index is 0.193. The highest BCUT2D eigenvalue weighted by molar-refractivity contribution is 6.32. The van der Waals surface area contributed by atoms with Gasteiger partial charge in [-0.2, -0.15) is 0 Å². The Labute approximate surface area is 114 Å². The standard InChI is InChI=1S/C13H10Cl2FNO/c1-8-2-3-9(16)6-12(8)18-13-5-4-10(15)11(7-14)17-13/h2-6H,7H2,1H3. The van der Waals surface area contributed by atoms with Gasteiger partial charge in [-0.1, -0.05) is 17.7 Å². The van der Waals surface area contributed by atoms with Gasteiger partial charge in [0.15, 0.2) is 0 Å². The van der Waals surface area contributed by atoms with E-state index in [9.17, 15) is 4.39 Å². The van der Waals surface area contributed by atoms with Gasteiger partial charge >= 0.3 is 0 Å². The number of hydrogen-bond donors (Lipinski definition) is 0. The number of ether oxygens (including phenoxy) is 1. The number of hydrogen-bond acceptors (Lipinski definition) is 2. The maximum Gasteiger partial charge on any atom is 0.219 e. The molecule has 1 heterocycles. The highest BCUT2D eigenvalue weighted by atomic mass is 35.5. The molecule has 0 amide bonds. The Morgan fingerprint density at radius 1 is 1.28 bits per heavy atom. The molecule has 94 valence electrons. The third kappa shape index (κ3) is 2.92. The first-order chi connectivity index (χ1) is 8.60. The molecule has 5 heteroatoms. The monoisotopic (exact) mass is 285 g/mol. The molecule has 0 aliphatic carbocycles. The molecule has 0 N–H and O–H groups in total. The largest absolute Gasteiger partial charge is 0.439 e. The Hall–Kier alpha value is -1.32. The van der Waals surface area contributed by atoms with Crippen LogP contribution in [0.5, 0.6) is 11.6 Å². The van der Waals surface area contributed by atoms with Gasteiger partial charge in [0.1, 0.15) is 11.6 Å². The lowest BCUT2D eigenvalue weighted by Crippen LogP contribution is -1.94. The van der Waals surface area contributed by atoms with Gasteiger partial charge in [-0.15, -0.1) is 11.6 Å². The van der Waals surface area contributed by atoms with Crippen molar-refractivity contribution in [1.82, 2.24) is 4.98 Å². The lowest BCUT2D eigenvalue weighted by Gasteiger charge is -2.09. The van der Waals surface area contributed by atoms with Gasteiger partial charge in [0.05, 0.1) is 16.6 Å². The van der Waals surface area contributed by atoms with Crippen LogP contribution in [-0.2, 0) is 5.88 Å². The van der Waals surface area contributed by atoms with Gasteiger partial charge < -0.3 is 4.74 Å². The maximum atomic E-state index is 13.1. The molecule has 2 nitrogen and oxygen atoms in total. The summed E-state index contributed by atoms with van der Waals surface area (Å²) in [6.45, 7) is 1.83. The molecule has 0 aliphatic heterocycles. The average Bonchev–Trinajstić information content (AvgIpc) is 2.36. The number of alkyl halides is 1. The zero-order chi connectivity index (χ0) is 13.1. The lowest BCUT2D eigenvalue weighted by atomic mass is 10.2. The van der Waals surface area contributed by atoms with E-state index in [1.807, 2.05) is 6.92 Å². The van der Waals surface area contributed by atoms with E-state index < -0.39 is 0 Å². The van der Waals surface area contributed by atoms with Crippen LogP contribution in [0.15, 0.2) is 30.3 Å². The molecule has 0 saturated carbocycles. The maximum absolute atomic E-state index is 13.1. The molecule has 0 spiro atoms. The number of aromatic nitrogens is 1. The molecule has 2 rings (SSSR count). The smallest absolute Gasteiger partial charge is 0.219 e. The number of aryl methyl sites for hydroxylation is 1. The minimum atomic E-state index is -0.359. The molecule has 18 heavy (non-hydrogen) atoms. The second-order valence-electron chi connectivity index (χ2n) is 3.72. The van der Waals surface area contributed by atoms with Crippen molar-refractivity contribution >= 4 is 23.2 Å². The lowest BCUT2D eigenvalue weighted by molar-refractivity contribution is 0.453. The number of nitrogens with zero attached hydrogens (tertiary/aromatic N) is 1. The SMILES string of the molecule is Cc1ccc(F)cc1Oc1ccc(Cl)c(CCl)n1. The molecular weight excluding hydrogens is 276 g/mol. The van der Waals surface area contributed by atoms with E-state index in [1.165, 1.54) is 12.1 Å². The Kier molecular flexibility index (Phi) is 4.04. The molecule has 0 bridgehead atoms. The summed E-state index contributed by atoms with van der Waals surface area (Å²) in [5.74, 6) is 0.592. The molecular formula is C13H10Cl2FNO. The first-order valence-electron chi connectivity index (χ1n) is 5.25. The van der Waals surface area contributed by atoms with Crippen molar-refractivity contribution in [1.29, 1.82) is 0 Å². The first-order valence-corrected chi connectivity index (χ1v) is 6.17. The van der Waals surface area contributed by atoms with Crippen LogP contribution in [0.2, 0.25) is 5.02 Å². The molecule has 0 saturated heterocycles. The van der Waals surface area contributed by atoms with E-state index in [0.29, 0.717) is 22.3 Å². The number of rotatable bonds is 3. The quantitative estimate of drug-likeness (QED) is 0.762. The molecule has 0 atom stereocenters. The summed E-state index contributed by atoms with van der Waals surface area (Å²) in [6, 6.07) is 7.59. The topological polar surface area (TPSA) is 22.1 Å². The van der Waals surface area contributed by atoms with Crippen LogP contribution in [-0.4, -0.2) is 4.98 Å². The predicted molar refractivity (Wildman–Crippen MR) is 70.0 cm³/mol. The van der Waals surface area contributed by atoms with E-state index >= 15 is 0 Å². The zero-order valence-electron chi connectivity index (χ0n) is 9.58. The van der Waals surface area contributed by atoms with Crippen LogP contribution < -0.4 is 4.74 Å². The second-order valence-corrected chi connectivity index (χ2v) is 4.40. The van der Waals surface area contributed by atoms with Crippen LogP contribution in [0.3, 0.4) is 0 Å². The zero-order valence-corrected chi connectivity index (χ0v) is 11.1. The highest BCUT2D eigenvalue weighted by Crippen LogP contribution is 2.26. The van der Waals surface area contributed by atoms with E-state index in [1.54, 1.807) is 18.2 Å². The normalized spacial score (nSPS) is 10.4. The van der Waals surface area contributed by atoms with Gasteiger partial charge in [-0.25, -0.2) is 9.37 Å². The van der Waals surface area contributed by atoms with Crippen LogP contribution >= 0.6 is 23.2 Å². The summed E-state index contributed by atoms with van der Waals surface area (Å²) >= 11 is 11.6. The van der Waals surface area contributed by atoms with Crippen LogP contribution in [0, 0.1) is 12.7 Å². The third-order valence-corrected chi connectivity index (χ3v) is 2.98. The second kappa shape index (κ2) is 5.55.